The lowest BCUT2D eigenvalue weighted by Crippen LogP contribution is -2.32. The van der Waals surface area contributed by atoms with Gasteiger partial charge in [0.2, 0.25) is 0 Å². The van der Waals surface area contributed by atoms with Crippen molar-refractivity contribution in [3.8, 4) is 0 Å². The summed E-state index contributed by atoms with van der Waals surface area (Å²) in [7, 11) is 0. The Labute approximate surface area is 93.2 Å². The first-order chi connectivity index (χ1) is 6.70. The van der Waals surface area contributed by atoms with Crippen molar-refractivity contribution in [2.75, 3.05) is 5.75 Å². The molecule has 1 atom stereocenters. The van der Waals surface area contributed by atoms with Crippen molar-refractivity contribution < 1.29 is 0 Å². The van der Waals surface area contributed by atoms with E-state index in [9.17, 15) is 0 Å². The van der Waals surface area contributed by atoms with Crippen molar-refractivity contribution >= 4 is 11.8 Å². The van der Waals surface area contributed by atoms with Gasteiger partial charge in [0, 0.05) is 11.8 Å². The number of hydrogen-bond acceptors (Lipinski definition) is 2. The fourth-order valence-electron chi connectivity index (χ4n) is 2.18. The van der Waals surface area contributed by atoms with Crippen LogP contribution in [0.3, 0.4) is 0 Å². The van der Waals surface area contributed by atoms with E-state index in [1.807, 2.05) is 11.8 Å². The molecule has 0 aromatic heterocycles. The van der Waals surface area contributed by atoms with Gasteiger partial charge in [0.1, 0.15) is 0 Å². The van der Waals surface area contributed by atoms with Crippen LogP contribution < -0.4 is 5.73 Å². The van der Waals surface area contributed by atoms with Crippen LogP contribution in [-0.2, 0) is 0 Å². The van der Waals surface area contributed by atoms with E-state index in [1.54, 1.807) is 0 Å². The lowest BCUT2D eigenvalue weighted by atomic mass is 9.94. The summed E-state index contributed by atoms with van der Waals surface area (Å²) in [6.07, 6.45) is 8.43. The summed E-state index contributed by atoms with van der Waals surface area (Å²) in [5.41, 5.74) is 6.25. The second-order valence-corrected chi connectivity index (χ2v) is 6.41. The number of rotatable bonds is 4. The molecule has 1 unspecified atom stereocenters. The van der Waals surface area contributed by atoms with E-state index < -0.39 is 0 Å². The van der Waals surface area contributed by atoms with Crippen LogP contribution >= 0.6 is 11.8 Å². The van der Waals surface area contributed by atoms with Crippen molar-refractivity contribution in [3.63, 3.8) is 0 Å². The second kappa shape index (κ2) is 6.73. The Morgan fingerprint density at radius 3 is 2.21 bits per heavy atom. The van der Waals surface area contributed by atoms with Gasteiger partial charge in [-0.15, -0.1) is 0 Å². The molecule has 1 saturated carbocycles. The molecule has 0 amide bonds. The van der Waals surface area contributed by atoms with Crippen LogP contribution in [-0.4, -0.2) is 17.0 Å². The van der Waals surface area contributed by atoms with E-state index in [1.165, 1.54) is 38.5 Å². The molecule has 0 heterocycles. The zero-order valence-corrected chi connectivity index (χ0v) is 10.5. The highest BCUT2D eigenvalue weighted by molar-refractivity contribution is 7.99. The maximum atomic E-state index is 6.25. The average Bonchev–Trinajstić information content (AvgIpc) is 2.42. The molecule has 2 N–H and O–H groups in total. The van der Waals surface area contributed by atoms with Gasteiger partial charge in [-0.25, -0.2) is 0 Å². The zero-order valence-electron chi connectivity index (χ0n) is 9.67. The highest BCUT2D eigenvalue weighted by Crippen LogP contribution is 2.26. The number of nitrogens with two attached hydrogens (primary N) is 1. The molecule has 0 bridgehead atoms. The Morgan fingerprint density at radius 1 is 1.14 bits per heavy atom. The minimum absolute atomic E-state index is 0.445. The van der Waals surface area contributed by atoms with Crippen molar-refractivity contribution in [2.45, 2.75) is 63.7 Å². The molecule has 1 fully saturated rings. The van der Waals surface area contributed by atoms with E-state index in [0.717, 1.165) is 16.9 Å². The Balaban J connectivity index is 2.23. The summed E-state index contributed by atoms with van der Waals surface area (Å²) in [5.74, 6) is 1.96. The van der Waals surface area contributed by atoms with Crippen LogP contribution in [0.15, 0.2) is 0 Å². The van der Waals surface area contributed by atoms with Crippen LogP contribution in [0.25, 0.3) is 0 Å². The molecule has 1 rings (SSSR count). The Kier molecular flexibility index (Phi) is 5.95. The molecular weight excluding hydrogens is 190 g/mol. The molecule has 84 valence electrons. The fraction of sp³-hybridized carbons (Fsp3) is 1.00. The predicted molar refractivity (Wildman–Crippen MR) is 66.8 cm³/mol. The molecular formula is C12H25NS. The van der Waals surface area contributed by atoms with E-state index in [4.69, 9.17) is 5.73 Å². The van der Waals surface area contributed by atoms with Crippen LogP contribution in [0.5, 0.6) is 0 Å². The molecule has 0 spiro atoms. The van der Waals surface area contributed by atoms with E-state index >= 15 is 0 Å². The summed E-state index contributed by atoms with van der Waals surface area (Å²) >= 11 is 2.01. The predicted octanol–water partition coefficient (Wildman–Crippen LogP) is 3.43. The maximum Gasteiger partial charge on any atom is 0.0159 e. The topological polar surface area (TPSA) is 26.0 Å². The lowest BCUT2D eigenvalue weighted by Gasteiger charge is -2.22. The SMILES string of the molecule is CC(C)SCC(N)C1CCCCCC1. The summed E-state index contributed by atoms with van der Waals surface area (Å²) in [5, 5.41) is 0.729. The van der Waals surface area contributed by atoms with Gasteiger partial charge in [-0.3, -0.25) is 0 Å². The molecule has 14 heavy (non-hydrogen) atoms. The van der Waals surface area contributed by atoms with E-state index in [-0.39, 0.29) is 0 Å². The Hall–Kier alpha value is 0.310. The van der Waals surface area contributed by atoms with Crippen molar-refractivity contribution in [1.82, 2.24) is 0 Å². The molecule has 2 heteroatoms. The number of hydrogen-bond donors (Lipinski definition) is 1. The minimum Gasteiger partial charge on any atom is -0.327 e. The highest BCUT2D eigenvalue weighted by atomic mass is 32.2. The van der Waals surface area contributed by atoms with Crippen LogP contribution in [0, 0.1) is 5.92 Å². The highest BCUT2D eigenvalue weighted by Gasteiger charge is 2.19. The Bertz CT molecular complexity index is 139. The molecule has 0 saturated heterocycles. The minimum atomic E-state index is 0.445. The smallest absolute Gasteiger partial charge is 0.0159 e. The first-order valence-corrected chi connectivity index (χ1v) is 7.12. The van der Waals surface area contributed by atoms with Crippen molar-refractivity contribution in [3.05, 3.63) is 0 Å². The third kappa shape index (κ3) is 4.70. The molecule has 0 aromatic rings. The number of thioether (sulfide) groups is 1. The standard InChI is InChI=1S/C12H25NS/c1-10(2)14-9-12(13)11-7-5-3-4-6-8-11/h10-12H,3-9,13H2,1-2H3. The maximum absolute atomic E-state index is 6.25. The third-order valence-electron chi connectivity index (χ3n) is 3.13. The molecule has 0 aliphatic heterocycles. The Morgan fingerprint density at radius 2 is 1.71 bits per heavy atom. The summed E-state index contributed by atoms with van der Waals surface area (Å²) < 4.78 is 0. The van der Waals surface area contributed by atoms with Crippen molar-refractivity contribution in [1.29, 1.82) is 0 Å². The normalized spacial score (nSPS) is 22.3. The zero-order chi connectivity index (χ0) is 10.4. The van der Waals surface area contributed by atoms with E-state index in [0.29, 0.717) is 6.04 Å². The molecule has 0 radical (unpaired) electrons. The van der Waals surface area contributed by atoms with Crippen LogP contribution in [0.1, 0.15) is 52.4 Å². The molecule has 1 aliphatic rings. The quantitative estimate of drug-likeness (QED) is 0.727. The lowest BCUT2D eigenvalue weighted by molar-refractivity contribution is 0.397. The van der Waals surface area contributed by atoms with Gasteiger partial charge in [-0.2, -0.15) is 11.8 Å². The molecule has 1 aliphatic carbocycles. The summed E-state index contributed by atoms with van der Waals surface area (Å²) in [6, 6.07) is 0.445. The van der Waals surface area contributed by atoms with Gasteiger partial charge >= 0.3 is 0 Å². The van der Waals surface area contributed by atoms with Crippen LogP contribution in [0.4, 0.5) is 0 Å². The van der Waals surface area contributed by atoms with Gasteiger partial charge in [0.25, 0.3) is 0 Å². The van der Waals surface area contributed by atoms with Gasteiger partial charge in [0.05, 0.1) is 0 Å². The summed E-state index contributed by atoms with van der Waals surface area (Å²) in [6.45, 7) is 4.51. The third-order valence-corrected chi connectivity index (χ3v) is 4.37. The van der Waals surface area contributed by atoms with Gasteiger partial charge in [-0.05, 0) is 24.0 Å². The van der Waals surface area contributed by atoms with Crippen LogP contribution in [0.2, 0.25) is 0 Å². The fourth-order valence-corrected chi connectivity index (χ4v) is 3.06. The van der Waals surface area contributed by atoms with Crippen molar-refractivity contribution in [2.24, 2.45) is 11.7 Å². The largest absolute Gasteiger partial charge is 0.327 e. The second-order valence-electron chi connectivity index (χ2n) is 4.80. The summed E-state index contributed by atoms with van der Waals surface area (Å²) in [4.78, 5) is 0. The first-order valence-electron chi connectivity index (χ1n) is 6.07. The van der Waals surface area contributed by atoms with Gasteiger partial charge in [0.15, 0.2) is 0 Å². The average molecular weight is 215 g/mol. The first kappa shape index (κ1) is 12.4. The molecule has 1 nitrogen and oxygen atoms in total. The molecule has 0 aromatic carbocycles. The van der Waals surface area contributed by atoms with Gasteiger partial charge < -0.3 is 5.73 Å². The van der Waals surface area contributed by atoms with Gasteiger partial charge in [-0.1, -0.05) is 39.5 Å². The monoisotopic (exact) mass is 215 g/mol. The van der Waals surface area contributed by atoms with E-state index in [2.05, 4.69) is 13.8 Å².